The maximum Gasteiger partial charge on any atom is 0.227 e. The summed E-state index contributed by atoms with van der Waals surface area (Å²) in [5.74, 6) is 1.33. The van der Waals surface area contributed by atoms with Gasteiger partial charge in [-0.3, -0.25) is 4.79 Å². The minimum atomic E-state index is -0.209. The number of nitrogens with zero attached hydrogens (tertiary/aromatic N) is 3. The summed E-state index contributed by atoms with van der Waals surface area (Å²) in [6.07, 6.45) is 1.61. The number of carbonyl (C=O) groups is 1. The summed E-state index contributed by atoms with van der Waals surface area (Å²) in [4.78, 5) is 23.1. The van der Waals surface area contributed by atoms with Crippen molar-refractivity contribution in [3.8, 4) is 11.6 Å². The Balaban J connectivity index is 1.36. The predicted molar refractivity (Wildman–Crippen MR) is 116 cm³/mol. The highest BCUT2D eigenvalue weighted by Gasteiger charge is 2.25. The summed E-state index contributed by atoms with van der Waals surface area (Å²) in [7, 11) is 1.62. The average molecular weight is 472 g/mol. The summed E-state index contributed by atoms with van der Waals surface area (Å²) in [5, 5.41) is 0.855. The molecule has 0 aliphatic carbocycles. The van der Waals surface area contributed by atoms with E-state index in [1.54, 1.807) is 7.11 Å². The number of para-hydroxylation sites is 1. The molecule has 0 spiro atoms. The highest BCUT2D eigenvalue weighted by molar-refractivity contribution is 9.10. The highest BCUT2D eigenvalue weighted by Crippen LogP contribution is 2.26. The lowest BCUT2D eigenvalue weighted by Gasteiger charge is -2.33. The van der Waals surface area contributed by atoms with E-state index in [-0.39, 0.29) is 12.0 Å². The number of morpholine rings is 1. The van der Waals surface area contributed by atoms with Crippen LogP contribution in [-0.4, -0.2) is 60.3 Å². The van der Waals surface area contributed by atoms with Crippen molar-refractivity contribution in [2.75, 3.05) is 33.4 Å². The van der Waals surface area contributed by atoms with Gasteiger partial charge in [0.1, 0.15) is 24.8 Å². The molecule has 4 rings (SSSR count). The van der Waals surface area contributed by atoms with Gasteiger partial charge in [0.05, 0.1) is 42.1 Å². The van der Waals surface area contributed by atoms with Crippen LogP contribution in [0.4, 0.5) is 0 Å². The molecule has 0 radical (unpaired) electrons. The quantitative estimate of drug-likeness (QED) is 0.549. The number of carbonyl (C=O) groups excluding carboxylic acids is 1. The minimum absolute atomic E-state index is 0.0628. The number of hydrogen-bond donors (Lipinski definition) is 0. The monoisotopic (exact) mass is 471 g/mol. The molecule has 0 bridgehead atoms. The third kappa shape index (κ3) is 4.71. The zero-order valence-corrected chi connectivity index (χ0v) is 18.2. The van der Waals surface area contributed by atoms with E-state index in [4.69, 9.17) is 14.2 Å². The van der Waals surface area contributed by atoms with Gasteiger partial charge in [-0.2, -0.15) is 0 Å². The molecule has 1 aromatic heterocycles. The molecule has 1 unspecified atom stereocenters. The first-order valence-corrected chi connectivity index (χ1v) is 10.5. The molecule has 3 aromatic rings. The lowest BCUT2D eigenvalue weighted by Crippen LogP contribution is -2.48. The van der Waals surface area contributed by atoms with Crippen molar-refractivity contribution in [2.45, 2.75) is 12.5 Å². The Morgan fingerprint density at radius 2 is 2.13 bits per heavy atom. The second-order valence-electron chi connectivity index (χ2n) is 6.99. The summed E-state index contributed by atoms with van der Waals surface area (Å²) in [5.41, 5.74) is 1.76. The van der Waals surface area contributed by atoms with E-state index in [1.807, 2.05) is 47.4 Å². The van der Waals surface area contributed by atoms with Crippen LogP contribution >= 0.6 is 15.9 Å². The highest BCUT2D eigenvalue weighted by atomic mass is 79.9. The number of benzene rings is 2. The van der Waals surface area contributed by atoms with E-state index in [1.165, 1.54) is 6.33 Å². The third-order valence-electron chi connectivity index (χ3n) is 4.98. The normalized spacial score (nSPS) is 16.5. The maximum atomic E-state index is 12.8. The number of methoxy groups -OCH3 is 1. The van der Waals surface area contributed by atoms with E-state index in [2.05, 4.69) is 25.9 Å². The van der Waals surface area contributed by atoms with E-state index >= 15 is 0 Å². The number of amides is 1. The molecule has 0 N–H and O–H groups in total. The fraction of sp³-hybridized carbons (Fsp3) is 0.318. The number of ether oxygens (including phenoxy) is 3. The number of rotatable bonds is 6. The first-order chi connectivity index (χ1) is 14.6. The first kappa shape index (κ1) is 20.6. The number of halogens is 1. The Labute approximate surface area is 183 Å². The molecule has 1 aliphatic rings. The van der Waals surface area contributed by atoms with Crippen LogP contribution in [0.15, 0.2) is 53.3 Å². The molecule has 30 heavy (non-hydrogen) atoms. The van der Waals surface area contributed by atoms with Gasteiger partial charge in [0.2, 0.25) is 11.8 Å². The molecule has 2 heterocycles. The van der Waals surface area contributed by atoms with Crippen molar-refractivity contribution < 1.29 is 19.0 Å². The van der Waals surface area contributed by atoms with Crippen LogP contribution in [0.3, 0.4) is 0 Å². The molecular weight excluding hydrogens is 450 g/mol. The van der Waals surface area contributed by atoms with E-state index in [0.29, 0.717) is 38.6 Å². The van der Waals surface area contributed by atoms with Gasteiger partial charge in [-0.25, -0.2) is 9.97 Å². The molecule has 7 nitrogen and oxygen atoms in total. The molecule has 0 saturated carbocycles. The van der Waals surface area contributed by atoms with Crippen molar-refractivity contribution in [3.05, 3.63) is 58.8 Å². The average Bonchev–Trinajstić information content (AvgIpc) is 2.78. The summed E-state index contributed by atoms with van der Waals surface area (Å²) < 4.78 is 17.8. The Bertz CT molecular complexity index is 1040. The molecule has 156 valence electrons. The maximum absolute atomic E-state index is 12.8. The zero-order valence-electron chi connectivity index (χ0n) is 16.6. The van der Waals surface area contributed by atoms with Gasteiger partial charge in [0.15, 0.2) is 0 Å². The summed E-state index contributed by atoms with van der Waals surface area (Å²) >= 11 is 3.47. The molecule has 1 atom stereocenters. The predicted octanol–water partition coefficient (Wildman–Crippen LogP) is 3.25. The largest absolute Gasteiger partial charge is 0.496 e. The second-order valence-corrected chi connectivity index (χ2v) is 7.84. The molecule has 2 aromatic carbocycles. The number of hydrogen-bond acceptors (Lipinski definition) is 6. The van der Waals surface area contributed by atoms with Crippen LogP contribution in [0.1, 0.15) is 5.56 Å². The number of aromatic nitrogens is 2. The summed E-state index contributed by atoms with van der Waals surface area (Å²) in [6.45, 7) is 1.86. The van der Waals surface area contributed by atoms with Crippen LogP contribution in [-0.2, 0) is 16.0 Å². The van der Waals surface area contributed by atoms with Gasteiger partial charge in [-0.05, 0) is 45.8 Å². The van der Waals surface area contributed by atoms with Crippen LogP contribution in [0.25, 0.3) is 10.9 Å². The fourth-order valence-electron chi connectivity index (χ4n) is 3.42. The van der Waals surface area contributed by atoms with Crippen LogP contribution in [0.5, 0.6) is 11.6 Å². The van der Waals surface area contributed by atoms with Crippen molar-refractivity contribution in [1.82, 2.24) is 14.9 Å². The van der Waals surface area contributed by atoms with Crippen LogP contribution < -0.4 is 9.47 Å². The first-order valence-electron chi connectivity index (χ1n) is 9.68. The van der Waals surface area contributed by atoms with Crippen molar-refractivity contribution in [1.29, 1.82) is 0 Å². The van der Waals surface area contributed by atoms with Gasteiger partial charge >= 0.3 is 0 Å². The zero-order chi connectivity index (χ0) is 20.9. The second kappa shape index (κ2) is 9.40. The lowest BCUT2D eigenvalue weighted by molar-refractivity contribution is -0.139. The van der Waals surface area contributed by atoms with Gasteiger partial charge in [-0.15, -0.1) is 0 Å². The van der Waals surface area contributed by atoms with Crippen molar-refractivity contribution in [3.63, 3.8) is 0 Å². The Hall–Kier alpha value is -2.71. The smallest absolute Gasteiger partial charge is 0.227 e. The van der Waals surface area contributed by atoms with E-state index < -0.39 is 0 Å². The molecule has 1 fully saturated rings. The molecule has 1 aliphatic heterocycles. The van der Waals surface area contributed by atoms with Gasteiger partial charge in [-0.1, -0.05) is 18.2 Å². The van der Waals surface area contributed by atoms with E-state index in [0.717, 1.165) is 26.7 Å². The van der Waals surface area contributed by atoms with E-state index in [9.17, 15) is 4.79 Å². The molecule has 1 saturated heterocycles. The SMILES string of the molecule is COc1ccc(CC(=O)N2CCOC(COc3ncnc4ccccc34)C2)cc1Br. The summed E-state index contributed by atoms with van der Waals surface area (Å²) in [6, 6.07) is 13.4. The third-order valence-corrected chi connectivity index (χ3v) is 5.59. The molecule has 8 heteroatoms. The molecular formula is C22H22BrN3O4. The van der Waals surface area contributed by atoms with Gasteiger partial charge < -0.3 is 19.1 Å². The Morgan fingerprint density at radius 1 is 1.27 bits per heavy atom. The van der Waals surface area contributed by atoms with Gasteiger partial charge in [0.25, 0.3) is 0 Å². The Morgan fingerprint density at radius 3 is 2.97 bits per heavy atom. The minimum Gasteiger partial charge on any atom is -0.496 e. The Kier molecular flexibility index (Phi) is 6.44. The number of fused-ring (bicyclic) bond motifs is 1. The van der Waals surface area contributed by atoms with Crippen LogP contribution in [0.2, 0.25) is 0 Å². The van der Waals surface area contributed by atoms with Crippen molar-refractivity contribution >= 4 is 32.7 Å². The van der Waals surface area contributed by atoms with Gasteiger partial charge in [0, 0.05) is 6.54 Å². The topological polar surface area (TPSA) is 73.8 Å². The van der Waals surface area contributed by atoms with Crippen molar-refractivity contribution in [2.24, 2.45) is 0 Å². The standard InChI is InChI=1S/C22H22BrN3O4/c1-28-20-7-6-15(10-18(20)23)11-21(27)26-8-9-29-16(12-26)13-30-22-17-4-2-3-5-19(17)24-14-25-22/h2-7,10,14,16H,8-9,11-13H2,1H3. The van der Waals surface area contributed by atoms with Crippen LogP contribution in [0, 0.1) is 0 Å². The fourth-order valence-corrected chi connectivity index (χ4v) is 4.01. The lowest BCUT2D eigenvalue weighted by atomic mass is 10.1. The molecule has 1 amide bonds.